The van der Waals surface area contributed by atoms with Crippen molar-refractivity contribution < 1.29 is 33.0 Å². The summed E-state index contributed by atoms with van der Waals surface area (Å²) in [4.78, 5) is 50.5. The number of hydrogen-bond acceptors (Lipinski definition) is 6. The number of nitrogens with zero attached hydrogens (tertiary/aromatic N) is 1. The summed E-state index contributed by atoms with van der Waals surface area (Å²) >= 11 is 3.35. The smallest absolute Gasteiger partial charge is 0.335 e. The van der Waals surface area contributed by atoms with Crippen LogP contribution in [0, 0.1) is 5.82 Å². The average molecular weight is 568 g/mol. The van der Waals surface area contributed by atoms with Crippen molar-refractivity contribution in [3.63, 3.8) is 0 Å². The fourth-order valence-electron chi connectivity index (χ4n) is 3.39. The number of anilines is 2. The predicted molar refractivity (Wildman–Crippen MR) is 137 cm³/mol. The maximum atomic E-state index is 13.3. The first-order valence-electron chi connectivity index (χ1n) is 10.8. The van der Waals surface area contributed by atoms with E-state index in [4.69, 9.17) is 9.47 Å². The highest BCUT2D eigenvalue weighted by atomic mass is 79.9. The Morgan fingerprint density at radius 3 is 2.41 bits per heavy atom. The summed E-state index contributed by atoms with van der Waals surface area (Å²) in [6, 6.07) is 15.3. The van der Waals surface area contributed by atoms with E-state index in [9.17, 15) is 23.6 Å². The van der Waals surface area contributed by atoms with Gasteiger partial charge in [0, 0.05) is 5.69 Å². The van der Waals surface area contributed by atoms with E-state index in [0.29, 0.717) is 27.2 Å². The van der Waals surface area contributed by atoms with Gasteiger partial charge in [-0.25, -0.2) is 14.1 Å². The highest BCUT2D eigenvalue weighted by Crippen LogP contribution is 2.28. The van der Waals surface area contributed by atoms with Gasteiger partial charge in [-0.1, -0.05) is 6.07 Å². The summed E-state index contributed by atoms with van der Waals surface area (Å²) in [5.74, 6) is -1.61. The Morgan fingerprint density at radius 2 is 1.76 bits per heavy atom. The molecule has 1 aliphatic rings. The number of ether oxygens (including phenoxy) is 2. The molecule has 5 amide bonds. The summed E-state index contributed by atoms with van der Waals surface area (Å²) in [5.41, 5.74) is 0.858. The molecule has 0 saturated carbocycles. The number of halogens is 2. The first-order chi connectivity index (χ1) is 17.7. The van der Waals surface area contributed by atoms with Crippen LogP contribution in [0.3, 0.4) is 0 Å². The predicted octanol–water partition coefficient (Wildman–Crippen LogP) is 4.28. The Balaban J connectivity index is 1.45. The Bertz CT molecular complexity index is 1410. The van der Waals surface area contributed by atoms with E-state index in [2.05, 4.69) is 26.6 Å². The summed E-state index contributed by atoms with van der Waals surface area (Å²) in [6.07, 6.45) is 1.31. The van der Waals surface area contributed by atoms with Gasteiger partial charge in [0.15, 0.2) is 6.61 Å². The van der Waals surface area contributed by atoms with Crippen LogP contribution >= 0.6 is 15.9 Å². The van der Waals surface area contributed by atoms with Gasteiger partial charge in [0.2, 0.25) is 0 Å². The molecule has 2 N–H and O–H groups in total. The fraction of sp³-hybridized carbons (Fsp3) is 0.0769. The number of benzene rings is 3. The van der Waals surface area contributed by atoms with Crippen molar-refractivity contribution in [1.29, 1.82) is 0 Å². The summed E-state index contributed by atoms with van der Waals surface area (Å²) < 4.78 is 24.4. The van der Waals surface area contributed by atoms with Crippen molar-refractivity contribution in [2.45, 2.75) is 0 Å². The third-order valence-electron chi connectivity index (χ3n) is 5.19. The Kier molecular flexibility index (Phi) is 7.63. The minimum Gasteiger partial charge on any atom is -0.497 e. The third kappa shape index (κ3) is 6.01. The highest BCUT2D eigenvalue weighted by molar-refractivity contribution is 9.10. The minimum atomic E-state index is -0.934. The van der Waals surface area contributed by atoms with Crippen molar-refractivity contribution in [2.75, 3.05) is 23.9 Å². The van der Waals surface area contributed by atoms with Crippen molar-refractivity contribution in [3.8, 4) is 11.5 Å². The zero-order valence-corrected chi connectivity index (χ0v) is 20.9. The quantitative estimate of drug-likeness (QED) is 0.325. The molecular formula is C26H19BrFN3O6. The number of barbiturate groups is 1. The largest absolute Gasteiger partial charge is 0.497 e. The molecule has 1 heterocycles. The number of nitrogens with one attached hydrogen (secondary N) is 2. The van der Waals surface area contributed by atoms with Gasteiger partial charge >= 0.3 is 6.03 Å². The summed E-state index contributed by atoms with van der Waals surface area (Å²) in [6.45, 7) is -0.263. The van der Waals surface area contributed by atoms with E-state index < -0.39 is 23.7 Å². The van der Waals surface area contributed by atoms with Crippen LogP contribution < -0.4 is 25.0 Å². The number of imide groups is 2. The van der Waals surface area contributed by atoms with Crippen molar-refractivity contribution in [3.05, 3.63) is 88.2 Å². The first-order valence-corrected chi connectivity index (χ1v) is 11.6. The second-order valence-corrected chi connectivity index (χ2v) is 8.54. The molecule has 37 heavy (non-hydrogen) atoms. The number of hydrogen-bond donors (Lipinski definition) is 2. The maximum Gasteiger partial charge on any atom is 0.335 e. The van der Waals surface area contributed by atoms with Crippen LogP contribution in [0.4, 0.5) is 20.6 Å². The fourth-order valence-corrected chi connectivity index (χ4v) is 3.90. The van der Waals surface area contributed by atoms with Gasteiger partial charge in [-0.2, -0.15) is 0 Å². The van der Waals surface area contributed by atoms with Crippen LogP contribution in [0.1, 0.15) is 5.56 Å². The number of rotatable bonds is 7. The maximum absolute atomic E-state index is 13.3. The monoisotopic (exact) mass is 567 g/mol. The van der Waals surface area contributed by atoms with E-state index >= 15 is 0 Å². The van der Waals surface area contributed by atoms with Crippen LogP contribution in [0.5, 0.6) is 11.5 Å². The second-order valence-electron chi connectivity index (χ2n) is 7.69. The molecule has 188 valence electrons. The van der Waals surface area contributed by atoms with Crippen LogP contribution in [0.15, 0.2) is 76.8 Å². The molecule has 1 aliphatic heterocycles. The zero-order chi connectivity index (χ0) is 26.5. The molecule has 3 aromatic rings. The molecule has 0 spiro atoms. The van der Waals surface area contributed by atoms with Gasteiger partial charge in [-0.3, -0.25) is 19.7 Å². The number of amides is 5. The Labute approximate surface area is 219 Å². The van der Waals surface area contributed by atoms with Crippen LogP contribution in [0.25, 0.3) is 6.08 Å². The molecule has 0 bridgehead atoms. The first kappa shape index (κ1) is 25.6. The van der Waals surface area contributed by atoms with Crippen molar-refractivity contribution >= 4 is 57.1 Å². The van der Waals surface area contributed by atoms with Gasteiger partial charge in [-0.05, 0) is 88.2 Å². The third-order valence-corrected chi connectivity index (χ3v) is 5.81. The topological polar surface area (TPSA) is 114 Å². The number of methoxy groups -OCH3 is 1. The molecule has 1 fully saturated rings. The normalized spacial score (nSPS) is 14.4. The molecule has 0 aromatic heterocycles. The Morgan fingerprint density at radius 1 is 1.05 bits per heavy atom. The number of carbonyl (C=O) groups excluding carboxylic acids is 4. The van der Waals surface area contributed by atoms with E-state index in [0.717, 1.165) is 17.0 Å². The molecular weight excluding hydrogens is 549 g/mol. The molecule has 0 unspecified atom stereocenters. The lowest BCUT2D eigenvalue weighted by molar-refractivity contribution is -0.122. The van der Waals surface area contributed by atoms with Gasteiger partial charge in [0.25, 0.3) is 17.7 Å². The van der Waals surface area contributed by atoms with E-state index in [1.807, 2.05) is 0 Å². The van der Waals surface area contributed by atoms with Gasteiger partial charge < -0.3 is 14.8 Å². The molecule has 1 saturated heterocycles. The van der Waals surface area contributed by atoms with Gasteiger partial charge in [0.05, 0.1) is 17.3 Å². The highest BCUT2D eigenvalue weighted by Gasteiger charge is 2.36. The van der Waals surface area contributed by atoms with Crippen LogP contribution in [0.2, 0.25) is 0 Å². The molecule has 0 atom stereocenters. The molecule has 11 heteroatoms. The van der Waals surface area contributed by atoms with Crippen LogP contribution in [-0.2, 0) is 14.4 Å². The second kappa shape index (κ2) is 11.0. The number of urea groups is 1. The SMILES string of the molecule is COc1ccc(NC(=O)COc2ccc(/C=C3\C(=O)NC(=O)N(c4ccc(F)cc4)C3=O)cc2Br)cc1. The zero-order valence-electron chi connectivity index (χ0n) is 19.3. The molecule has 4 rings (SSSR count). The minimum absolute atomic E-state index is 0.111. The Hall–Kier alpha value is -4.51. The molecule has 9 nitrogen and oxygen atoms in total. The molecule has 0 aliphatic carbocycles. The van der Waals surface area contributed by atoms with E-state index in [-0.39, 0.29) is 23.8 Å². The van der Waals surface area contributed by atoms with E-state index in [1.165, 1.54) is 18.2 Å². The summed E-state index contributed by atoms with van der Waals surface area (Å²) in [7, 11) is 1.55. The lowest BCUT2D eigenvalue weighted by Crippen LogP contribution is -2.54. The lowest BCUT2D eigenvalue weighted by atomic mass is 10.1. The molecule has 0 radical (unpaired) electrons. The van der Waals surface area contributed by atoms with Crippen molar-refractivity contribution in [2.24, 2.45) is 0 Å². The van der Waals surface area contributed by atoms with Gasteiger partial charge in [0.1, 0.15) is 22.9 Å². The standard InChI is InChI=1S/C26H19BrFN3O6/c1-36-19-9-5-17(6-10-19)29-23(32)14-37-22-11-2-15(13-21(22)27)12-20-24(33)30-26(35)31(25(20)34)18-7-3-16(28)4-8-18/h2-13H,14H2,1H3,(H,29,32)(H,30,33,35)/b20-12+. The van der Waals surface area contributed by atoms with Crippen molar-refractivity contribution in [1.82, 2.24) is 5.32 Å². The lowest BCUT2D eigenvalue weighted by Gasteiger charge is -2.26. The average Bonchev–Trinajstić information content (AvgIpc) is 2.87. The summed E-state index contributed by atoms with van der Waals surface area (Å²) in [5, 5.41) is 4.81. The molecule has 3 aromatic carbocycles. The number of carbonyl (C=O) groups is 4. The van der Waals surface area contributed by atoms with E-state index in [1.54, 1.807) is 49.6 Å². The van der Waals surface area contributed by atoms with Gasteiger partial charge in [-0.15, -0.1) is 0 Å². The van der Waals surface area contributed by atoms with Crippen LogP contribution in [-0.4, -0.2) is 37.5 Å².